The topological polar surface area (TPSA) is 110 Å². The van der Waals surface area contributed by atoms with E-state index in [4.69, 9.17) is 22.3 Å². The lowest BCUT2D eigenvalue weighted by molar-refractivity contribution is 0.121. The van der Waals surface area contributed by atoms with E-state index in [1.807, 2.05) is 30.3 Å². The first kappa shape index (κ1) is 20.7. The number of rotatable bonds is 6. The standard InChI is InChI=1S/C11H13N3O3.C8H7N/c1-2-3-7-16-11(15)14-10-6-4-5-9(13-10)8-17-12;9-7-6-8-4-2-1-3-5-8/h1,4-6H,3,7-8,12H2,(H,13,14,15);1-5H,6H2. The van der Waals surface area contributed by atoms with Crippen molar-refractivity contribution in [2.75, 3.05) is 11.9 Å². The lowest BCUT2D eigenvalue weighted by atomic mass is 10.2. The van der Waals surface area contributed by atoms with Crippen molar-refractivity contribution in [3.63, 3.8) is 0 Å². The minimum absolute atomic E-state index is 0.168. The maximum Gasteiger partial charge on any atom is 0.412 e. The molecule has 0 atom stereocenters. The highest BCUT2D eigenvalue weighted by atomic mass is 16.6. The van der Waals surface area contributed by atoms with Crippen LogP contribution >= 0.6 is 0 Å². The van der Waals surface area contributed by atoms with Crippen LogP contribution in [0.5, 0.6) is 0 Å². The highest BCUT2D eigenvalue weighted by molar-refractivity contribution is 5.83. The van der Waals surface area contributed by atoms with Crippen molar-refractivity contribution in [1.82, 2.24) is 4.98 Å². The van der Waals surface area contributed by atoms with Crippen molar-refractivity contribution < 1.29 is 14.4 Å². The minimum atomic E-state index is -0.599. The van der Waals surface area contributed by atoms with Gasteiger partial charge in [0.25, 0.3) is 0 Å². The van der Waals surface area contributed by atoms with Crippen LogP contribution in [0.2, 0.25) is 0 Å². The number of hydrogen-bond acceptors (Lipinski definition) is 6. The molecule has 1 aromatic heterocycles. The molecule has 0 aliphatic heterocycles. The van der Waals surface area contributed by atoms with Gasteiger partial charge in [0, 0.05) is 6.42 Å². The number of nitrogens with two attached hydrogens (primary N) is 1. The number of hydrogen-bond donors (Lipinski definition) is 2. The second-order valence-corrected chi connectivity index (χ2v) is 4.86. The number of anilines is 1. The Bertz CT molecular complexity index is 751. The molecule has 1 amide bonds. The van der Waals surface area contributed by atoms with Gasteiger partial charge < -0.3 is 4.74 Å². The van der Waals surface area contributed by atoms with Crippen molar-refractivity contribution in [2.24, 2.45) is 5.90 Å². The number of ether oxygens (including phenoxy) is 1. The maximum absolute atomic E-state index is 11.3. The number of carbonyl (C=O) groups is 1. The highest BCUT2D eigenvalue weighted by Gasteiger charge is 2.04. The molecule has 0 fully saturated rings. The van der Waals surface area contributed by atoms with Gasteiger partial charge in [-0.15, -0.1) is 12.3 Å². The normalized spacial score (nSPS) is 9.04. The first-order valence-corrected chi connectivity index (χ1v) is 7.75. The van der Waals surface area contributed by atoms with Crippen molar-refractivity contribution in [3.05, 3.63) is 59.8 Å². The van der Waals surface area contributed by atoms with Gasteiger partial charge in [-0.25, -0.2) is 15.7 Å². The Balaban J connectivity index is 0.000000314. The van der Waals surface area contributed by atoms with E-state index >= 15 is 0 Å². The van der Waals surface area contributed by atoms with E-state index in [2.05, 4.69) is 27.1 Å². The highest BCUT2D eigenvalue weighted by Crippen LogP contribution is 2.06. The smallest absolute Gasteiger partial charge is 0.412 e. The molecule has 2 rings (SSSR count). The number of benzene rings is 1. The van der Waals surface area contributed by atoms with Crippen molar-refractivity contribution in [1.29, 1.82) is 5.26 Å². The summed E-state index contributed by atoms with van der Waals surface area (Å²) in [6, 6.07) is 16.9. The summed E-state index contributed by atoms with van der Waals surface area (Å²) < 4.78 is 4.80. The lowest BCUT2D eigenvalue weighted by Gasteiger charge is -2.06. The quantitative estimate of drug-likeness (QED) is 0.470. The average Bonchev–Trinajstić information content (AvgIpc) is 2.64. The summed E-state index contributed by atoms with van der Waals surface area (Å²) >= 11 is 0. The van der Waals surface area contributed by atoms with Crippen LogP contribution in [0.3, 0.4) is 0 Å². The minimum Gasteiger partial charge on any atom is -0.448 e. The van der Waals surface area contributed by atoms with Gasteiger partial charge >= 0.3 is 6.09 Å². The fraction of sp³-hybridized carbons (Fsp3) is 0.211. The number of pyridine rings is 1. The third-order valence-electron chi connectivity index (χ3n) is 2.87. The molecule has 0 aliphatic carbocycles. The van der Waals surface area contributed by atoms with Gasteiger partial charge in [-0.2, -0.15) is 5.26 Å². The van der Waals surface area contributed by atoms with Gasteiger partial charge in [0.2, 0.25) is 0 Å². The first-order valence-electron chi connectivity index (χ1n) is 7.75. The van der Waals surface area contributed by atoms with Gasteiger partial charge in [-0.1, -0.05) is 36.4 Å². The maximum atomic E-state index is 11.3. The Morgan fingerprint density at radius 3 is 2.65 bits per heavy atom. The number of amides is 1. The van der Waals surface area contributed by atoms with Gasteiger partial charge in [-0.05, 0) is 17.7 Å². The fourth-order valence-corrected chi connectivity index (χ4v) is 1.75. The molecule has 0 spiro atoms. The molecular weight excluding hydrogens is 332 g/mol. The summed E-state index contributed by atoms with van der Waals surface area (Å²) in [5, 5.41) is 10.7. The molecule has 2 aromatic rings. The summed E-state index contributed by atoms with van der Waals surface area (Å²) in [6.07, 6.45) is 5.31. The number of aromatic nitrogens is 1. The zero-order chi connectivity index (χ0) is 19.0. The molecule has 134 valence electrons. The van der Waals surface area contributed by atoms with Crippen molar-refractivity contribution in [3.8, 4) is 18.4 Å². The zero-order valence-electron chi connectivity index (χ0n) is 14.2. The summed E-state index contributed by atoms with van der Waals surface area (Å²) in [6.45, 7) is 0.343. The molecule has 26 heavy (non-hydrogen) atoms. The second-order valence-electron chi connectivity index (χ2n) is 4.86. The molecule has 3 N–H and O–H groups in total. The van der Waals surface area contributed by atoms with E-state index in [9.17, 15) is 4.79 Å². The molecule has 0 unspecified atom stereocenters. The molecule has 0 aliphatic rings. The third kappa shape index (κ3) is 9.04. The Morgan fingerprint density at radius 2 is 2.00 bits per heavy atom. The van der Waals surface area contributed by atoms with Crippen LogP contribution in [-0.2, 0) is 22.6 Å². The molecule has 0 radical (unpaired) electrons. The molecule has 7 nitrogen and oxygen atoms in total. The molecule has 0 saturated carbocycles. The average molecular weight is 352 g/mol. The number of nitriles is 1. The molecule has 0 saturated heterocycles. The van der Waals surface area contributed by atoms with Crippen molar-refractivity contribution in [2.45, 2.75) is 19.4 Å². The van der Waals surface area contributed by atoms with E-state index in [1.54, 1.807) is 18.2 Å². The van der Waals surface area contributed by atoms with Crippen LogP contribution in [0.25, 0.3) is 0 Å². The first-order chi connectivity index (χ1) is 12.7. The van der Waals surface area contributed by atoms with Gasteiger partial charge in [0.05, 0.1) is 18.2 Å². The Kier molecular flexibility index (Phi) is 10.3. The molecule has 7 heteroatoms. The van der Waals surface area contributed by atoms with Gasteiger partial charge in [0.1, 0.15) is 19.0 Å². The molecule has 1 heterocycles. The predicted octanol–water partition coefficient (Wildman–Crippen LogP) is 2.80. The fourth-order valence-electron chi connectivity index (χ4n) is 1.75. The second kappa shape index (κ2) is 13.0. The van der Waals surface area contributed by atoms with Crippen LogP contribution in [0.1, 0.15) is 17.7 Å². The Morgan fingerprint density at radius 1 is 1.23 bits per heavy atom. The SMILES string of the molecule is C#CCCOC(=O)Nc1cccc(CON)n1.N#CCc1ccccc1. The molecule has 1 aromatic carbocycles. The van der Waals surface area contributed by atoms with Crippen LogP contribution in [-0.4, -0.2) is 17.7 Å². The lowest BCUT2D eigenvalue weighted by Crippen LogP contribution is -2.15. The largest absolute Gasteiger partial charge is 0.448 e. The third-order valence-corrected chi connectivity index (χ3v) is 2.87. The monoisotopic (exact) mass is 352 g/mol. The number of carbonyl (C=O) groups excluding carboxylic acids is 1. The van der Waals surface area contributed by atoms with Gasteiger partial charge in [-0.3, -0.25) is 10.2 Å². The number of nitrogens with zero attached hydrogens (tertiary/aromatic N) is 2. The van der Waals surface area contributed by atoms with Crippen LogP contribution in [0, 0.1) is 23.7 Å². The zero-order valence-corrected chi connectivity index (χ0v) is 14.2. The van der Waals surface area contributed by atoms with E-state index in [1.165, 1.54) is 0 Å². The summed E-state index contributed by atoms with van der Waals surface area (Å²) in [4.78, 5) is 19.8. The van der Waals surface area contributed by atoms with E-state index in [-0.39, 0.29) is 13.2 Å². The summed E-state index contributed by atoms with van der Waals surface area (Å²) in [7, 11) is 0. The molecular formula is C19H20N4O3. The van der Waals surface area contributed by atoms with Crippen LogP contribution in [0.4, 0.5) is 10.6 Å². The summed E-state index contributed by atoms with van der Waals surface area (Å²) in [5.74, 6) is 7.65. The number of terminal acetylenes is 1. The molecule has 0 bridgehead atoms. The van der Waals surface area contributed by atoms with E-state index < -0.39 is 6.09 Å². The van der Waals surface area contributed by atoms with E-state index in [0.29, 0.717) is 24.4 Å². The van der Waals surface area contributed by atoms with Crippen LogP contribution in [0.15, 0.2) is 48.5 Å². The van der Waals surface area contributed by atoms with E-state index in [0.717, 1.165) is 5.56 Å². The number of nitrogens with one attached hydrogen (secondary N) is 1. The Labute approximate surface area is 152 Å². The summed E-state index contributed by atoms with van der Waals surface area (Å²) in [5.41, 5.74) is 1.69. The predicted molar refractivity (Wildman–Crippen MR) is 97.4 cm³/mol. The van der Waals surface area contributed by atoms with Crippen LogP contribution < -0.4 is 11.2 Å². The van der Waals surface area contributed by atoms with Crippen molar-refractivity contribution >= 4 is 11.9 Å². The van der Waals surface area contributed by atoms with Gasteiger partial charge in [0.15, 0.2) is 0 Å². The Hall–Kier alpha value is -3.39.